The summed E-state index contributed by atoms with van der Waals surface area (Å²) in [6.45, 7) is 1.67. The van der Waals surface area contributed by atoms with E-state index in [1.807, 2.05) is 24.3 Å². The van der Waals surface area contributed by atoms with Crippen molar-refractivity contribution in [3.8, 4) is 0 Å². The summed E-state index contributed by atoms with van der Waals surface area (Å²) in [5, 5.41) is 27.9. The van der Waals surface area contributed by atoms with Crippen LogP contribution in [0, 0.1) is 0 Å². The highest BCUT2D eigenvalue weighted by Crippen LogP contribution is 2.19. The molecule has 5 atom stereocenters. The number of fused-ring (bicyclic) bond motifs is 1. The molecule has 12 nitrogen and oxygen atoms in total. The third-order valence-electron chi connectivity index (χ3n) is 5.89. The van der Waals surface area contributed by atoms with E-state index in [0.29, 0.717) is 19.4 Å². The summed E-state index contributed by atoms with van der Waals surface area (Å²) in [5.41, 5.74) is 12.8. The number of unbranched alkanes of at least 4 members (excludes halogenated alkanes) is 1. The quantitative estimate of drug-likeness (QED) is 0.102. The average Bonchev–Trinajstić information content (AvgIpc) is 3.27. The number of aromatic amines is 1. The summed E-state index contributed by atoms with van der Waals surface area (Å²) in [4.78, 5) is 53.3. The van der Waals surface area contributed by atoms with Gasteiger partial charge in [-0.15, -0.1) is 0 Å². The number of hydrogen-bond acceptors (Lipinski definition) is 8. The first kappa shape index (κ1) is 30.1. The number of nitrogens with two attached hydrogens (primary N) is 2. The van der Waals surface area contributed by atoms with Gasteiger partial charge in [-0.1, -0.05) is 18.2 Å². The van der Waals surface area contributed by atoms with E-state index >= 15 is 0 Å². The fourth-order valence-electron chi connectivity index (χ4n) is 3.76. The Morgan fingerprint density at radius 1 is 1.03 bits per heavy atom. The zero-order valence-corrected chi connectivity index (χ0v) is 21.5. The highest BCUT2D eigenvalue weighted by molar-refractivity contribution is 7.80. The predicted octanol–water partition coefficient (Wildman–Crippen LogP) is -0.984. The smallest absolute Gasteiger partial charge is 0.326 e. The van der Waals surface area contributed by atoms with Gasteiger partial charge in [-0.3, -0.25) is 14.4 Å². The van der Waals surface area contributed by atoms with Gasteiger partial charge in [0.2, 0.25) is 17.7 Å². The maximum Gasteiger partial charge on any atom is 0.326 e. The lowest BCUT2D eigenvalue weighted by Gasteiger charge is -2.26. The molecule has 10 N–H and O–H groups in total. The molecule has 204 valence electrons. The molecule has 3 amide bonds. The molecule has 0 radical (unpaired) electrons. The number of carboxylic acid groups (broad SMARTS) is 1. The Kier molecular flexibility index (Phi) is 11.9. The molecule has 1 heterocycles. The molecule has 13 heteroatoms. The second kappa shape index (κ2) is 14.6. The number of aliphatic hydroxyl groups excluding tert-OH is 1. The van der Waals surface area contributed by atoms with Crippen LogP contribution in [-0.2, 0) is 25.6 Å². The van der Waals surface area contributed by atoms with Crippen molar-refractivity contribution in [2.75, 3.05) is 12.3 Å². The number of carbonyl (C=O) groups is 4. The molecule has 0 spiro atoms. The van der Waals surface area contributed by atoms with Gasteiger partial charge in [0.05, 0.1) is 12.1 Å². The standard InChI is InChI=1S/C24H36N6O6S/c1-13(31)20(23(34)28-18(24(35)36)8-4-5-9-25)30-22(33)19(29-21(32)16(26)12-37)10-14-11-27-17-7-3-2-6-15(14)17/h2-3,6-7,11,13,16,18-20,27,31,37H,4-5,8-10,12,25-26H2,1H3,(H,28,34)(H,29,32)(H,30,33)(H,35,36). The van der Waals surface area contributed by atoms with E-state index in [4.69, 9.17) is 11.5 Å². The summed E-state index contributed by atoms with van der Waals surface area (Å²) < 4.78 is 0. The van der Waals surface area contributed by atoms with E-state index in [1.54, 1.807) is 6.20 Å². The van der Waals surface area contributed by atoms with E-state index < -0.39 is 54.0 Å². The third-order valence-corrected chi connectivity index (χ3v) is 6.28. The van der Waals surface area contributed by atoms with Gasteiger partial charge in [-0.05, 0) is 44.4 Å². The monoisotopic (exact) mass is 536 g/mol. The molecule has 2 aromatic rings. The summed E-state index contributed by atoms with van der Waals surface area (Å²) in [6, 6.07) is 2.62. The molecule has 1 aromatic heterocycles. The van der Waals surface area contributed by atoms with Crippen LogP contribution < -0.4 is 27.4 Å². The molecule has 0 aliphatic rings. The number of H-pyrrole nitrogens is 1. The highest BCUT2D eigenvalue weighted by Gasteiger charge is 2.33. The molecular weight excluding hydrogens is 500 g/mol. The molecule has 0 aliphatic carbocycles. The summed E-state index contributed by atoms with van der Waals surface area (Å²) in [6.07, 6.45) is 1.62. The molecule has 0 aliphatic heterocycles. The van der Waals surface area contributed by atoms with Crippen molar-refractivity contribution in [2.45, 2.75) is 62.9 Å². The maximum atomic E-state index is 13.3. The van der Waals surface area contributed by atoms with Crippen LogP contribution in [0.1, 0.15) is 31.7 Å². The number of aromatic nitrogens is 1. The Labute approximate surface area is 220 Å². The van der Waals surface area contributed by atoms with Crippen molar-refractivity contribution in [1.82, 2.24) is 20.9 Å². The first-order valence-electron chi connectivity index (χ1n) is 12.0. The van der Waals surface area contributed by atoms with Gasteiger partial charge >= 0.3 is 5.97 Å². The number of hydrogen-bond donors (Lipinski definition) is 9. The number of aliphatic hydroxyl groups is 1. The Bertz CT molecular complexity index is 1080. The molecule has 0 fully saturated rings. The average molecular weight is 537 g/mol. The van der Waals surface area contributed by atoms with Gasteiger partial charge in [0.25, 0.3) is 0 Å². The largest absolute Gasteiger partial charge is 0.480 e. The van der Waals surface area contributed by atoms with Crippen molar-refractivity contribution in [3.63, 3.8) is 0 Å². The zero-order valence-electron chi connectivity index (χ0n) is 20.6. The molecular formula is C24H36N6O6S. The van der Waals surface area contributed by atoms with Crippen LogP contribution in [-0.4, -0.2) is 81.5 Å². The maximum absolute atomic E-state index is 13.3. The van der Waals surface area contributed by atoms with Gasteiger partial charge in [0.1, 0.15) is 18.1 Å². The number of amides is 3. The Morgan fingerprint density at radius 3 is 2.32 bits per heavy atom. The molecule has 0 bridgehead atoms. The van der Waals surface area contributed by atoms with Crippen molar-refractivity contribution >= 4 is 47.2 Å². The number of para-hydroxylation sites is 1. The number of rotatable bonds is 15. The lowest BCUT2D eigenvalue weighted by atomic mass is 10.0. The third kappa shape index (κ3) is 8.74. The molecule has 2 rings (SSSR count). The number of benzene rings is 1. The van der Waals surface area contributed by atoms with Crippen molar-refractivity contribution in [1.29, 1.82) is 0 Å². The second-order valence-corrected chi connectivity index (χ2v) is 9.19. The minimum atomic E-state index is -1.47. The molecule has 1 aromatic carbocycles. The van der Waals surface area contributed by atoms with E-state index in [-0.39, 0.29) is 18.6 Å². The van der Waals surface area contributed by atoms with E-state index in [9.17, 15) is 29.4 Å². The second-order valence-electron chi connectivity index (χ2n) is 8.82. The Balaban J connectivity index is 2.23. The van der Waals surface area contributed by atoms with Gasteiger partial charge in [0.15, 0.2) is 0 Å². The van der Waals surface area contributed by atoms with E-state index in [1.165, 1.54) is 6.92 Å². The minimum absolute atomic E-state index is 0.0483. The number of thiol groups is 1. The predicted molar refractivity (Wildman–Crippen MR) is 142 cm³/mol. The van der Waals surface area contributed by atoms with Gasteiger partial charge in [-0.2, -0.15) is 12.6 Å². The molecule has 0 saturated carbocycles. The van der Waals surface area contributed by atoms with Crippen LogP contribution in [0.2, 0.25) is 0 Å². The lowest BCUT2D eigenvalue weighted by molar-refractivity contribution is -0.143. The van der Waals surface area contributed by atoms with Crippen molar-refractivity contribution < 1.29 is 29.4 Å². The normalized spacial score (nSPS) is 15.3. The van der Waals surface area contributed by atoms with Gasteiger partial charge in [0, 0.05) is 29.3 Å². The zero-order chi connectivity index (χ0) is 27.5. The van der Waals surface area contributed by atoms with Crippen LogP contribution in [0.4, 0.5) is 0 Å². The number of carbonyl (C=O) groups excluding carboxylic acids is 3. The van der Waals surface area contributed by atoms with Crippen molar-refractivity contribution in [2.24, 2.45) is 11.5 Å². The van der Waals surface area contributed by atoms with Crippen LogP contribution in [0.15, 0.2) is 30.5 Å². The first-order valence-corrected chi connectivity index (χ1v) is 12.7. The fraction of sp³-hybridized carbons (Fsp3) is 0.500. The fourth-order valence-corrected chi connectivity index (χ4v) is 3.93. The van der Waals surface area contributed by atoms with Crippen LogP contribution in [0.3, 0.4) is 0 Å². The van der Waals surface area contributed by atoms with Crippen LogP contribution in [0.5, 0.6) is 0 Å². The Hall–Kier alpha value is -3.13. The molecule has 37 heavy (non-hydrogen) atoms. The van der Waals surface area contributed by atoms with Crippen LogP contribution >= 0.6 is 12.6 Å². The van der Waals surface area contributed by atoms with Crippen LogP contribution in [0.25, 0.3) is 10.9 Å². The number of nitrogens with one attached hydrogen (secondary N) is 4. The van der Waals surface area contributed by atoms with E-state index in [2.05, 4.69) is 33.6 Å². The number of carboxylic acids is 1. The van der Waals surface area contributed by atoms with Crippen molar-refractivity contribution in [3.05, 3.63) is 36.0 Å². The summed E-state index contributed by atoms with van der Waals surface area (Å²) in [5.74, 6) is -3.42. The van der Waals surface area contributed by atoms with Gasteiger partial charge in [-0.25, -0.2) is 4.79 Å². The number of aliphatic carboxylic acids is 1. The first-order chi connectivity index (χ1) is 17.6. The summed E-state index contributed by atoms with van der Waals surface area (Å²) in [7, 11) is 0. The molecule has 5 unspecified atom stereocenters. The SMILES string of the molecule is CC(O)C(NC(=O)C(Cc1c[nH]c2ccccc12)NC(=O)C(N)CS)C(=O)NC(CCCCN)C(=O)O. The van der Waals surface area contributed by atoms with Gasteiger partial charge < -0.3 is 42.6 Å². The summed E-state index contributed by atoms with van der Waals surface area (Å²) >= 11 is 4.02. The lowest BCUT2D eigenvalue weighted by Crippen LogP contribution is -2.60. The highest BCUT2D eigenvalue weighted by atomic mass is 32.1. The Morgan fingerprint density at radius 2 is 1.70 bits per heavy atom. The van der Waals surface area contributed by atoms with E-state index in [0.717, 1.165) is 16.5 Å². The topological polar surface area (TPSA) is 213 Å². The minimum Gasteiger partial charge on any atom is -0.480 e. The molecule has 0 saturated heterocycles.